The lowest BCUT2D eigenvalue weighted by molar-refractivity contribution is 0.451. The van der Waals surface area contributed by atoms with Gasteiger partial charge in [-0.3, -0.25) is 4.90 Å². The molecule has 0 bridgehead atoms. The first kappa shape index (κ1) is 11.5. The molecule has 2 nitrogen and oxygen atoms in total. The molecule has 0 aliphatic rings. The molecule has 0 amide bonds. The SMILES string of the molecule is CN(C)CC#CCNC(C)(C)C. The fourth-order valence-corrected chi connectivity index (χ4v) is 0.586. The highest BCUT2D eigenvalue weighted by Gasteiger charge is 2.05. The molecule has 0 unspecified atom stereocenters. The molecule has 0 fully saturated rings. The largest absolute Gasteiger partial charge is 0.301 e. The van der Waals surface area contributed by atoms with Crippen molar-refractivity contribution in [2.24, 2.45) is 0 Å². The highest BCUT2D eigenvalue weighted by molar-refractivity contribution is 5.03. The van der Waals surface area contributed by atoms with E-state index < -0.39 is 0 Å². The van der Waals surface area contributed by atoms with Gasteiger partial charge in [-0.25, -0.2) is 0 Å². The third kappa shape index (κ3) is 9.48. The van der Waals surface area contributed by atoms with E-state index in [2.05, 4.69) is 42.8 Å². The summed E-state index contributed by atoms with van der Waals surface area (Å²) in [6.45, 7) is 8.03. The zero-order valence-corrected chi connectivity index (χ0v) is 8.86. The fourth-order valence-electron chi connectivity index (χ4n) is 0.586. The van der Waals surface area contributed by atoms with Gasteiger partial charge in [0.05, 0.1) is 13.1 Å². The maximum absolute atomic E-state index is 3.30. The minimum absolute atomic E-state index is 0.173. The second kappa shape index (κ2) is 5.18. The van der Waals surface area contributed by atoms with Gasteiger partial charge in [-0.05, 0) is 34.9 Å². The molecule has 0 spiro atoms. The Morgan fingerprint density at radius 2 is 1.75 bits per heavy atom. The van der Waals surface area contributed by atoms with E-state index in [4.69, 9.17) is 0 Å². The first-order valence-electron chi connectivity index (χ1n) is 4.27. The molecule has 0 radical (unpaired) electrons. The Kier molecular flexibility index (Phi) is 4.96. The Hall–Kier alpha value is -0.520. The molecule has 0 saturated heterocycles. The van der Waals surface area contributed by atoms with Crippen LogP contribution in [0.15, 0.2) is 0 Å². The van der Waals surface area contributed by atoms with Crippen molar-refractivity contribution in [2.75, 3.05) is 27.2 Å². The van der Waals surface area contributed by atoms with Crippen LogP contribution < -0.4 is 5.32 Å². The second-order valence-electron chi connectivity index (χ2n) is 4.19. The van der Waals surface area contributed by atoms with Crippen molar-refractivity contribution in [1.29, 1.82) is 0 Å². The van der Waals surface area contributed by atoms with Gasteiger partial charge in [-0.15, -0.1) is 0 Å². The van der Waals surface area contributed by atoms with E-state index in [1.54, 1.807) is 0 Å². The number of nitrogens with zero attached hydrogens (tertiary/aromatic N) is 1. The zero-order chi connectivity index (χ0) is 9.61. The summed E-state index contributed by atoms with van der Waals surface area (Å²) < 4.78 is 0. The van der Waals surface area contributed by atoms with Crippen LogP contribution in [-0.2, 0) is 0 Å². The molecule has 0 heterocycles. The zero-order valence-electron chi connectivity index (χ0n) is 8.86. The summed E-state index contributed by atoms with van der Waals surface area (Å²) >= 11 is 0. The van der Waals surface area contributed by atoms with Crippen LogP contribution in [0.5, 0.6) is 0 Å². The lowest BCUT2D eigenvalue weighted by Gasteiger charge is -2.18. The Bertz CT molecular complexity index is 167. The monoisotopic (exact) mass is 168 g/mol. The van der Waals surface area contributed by atoms with Gasteiger partial charge in [0.15, 0.2) is 0 Å². The van der Waals surface area contributed by atoms with E-state index in [-0.39, 0.29) is 5.54 Å². The van der Waals surface area contributed by atoms with Crippen LogP contribution >= 0.6 is 0 Å². The summed E-state index contributed by atoms with van der Waals surface area (Å²) in [4.78, 5) is 2.06. The average molecular weight is 168 g/mol. The molecule has 0 saturated carbocycles. The molecule has 0 aromatic carbocycles. The summed E-state index contributed by atoms with van der Waals surface area (Å²) in [5.74, 6) is 6.14. The molecule has 0 aliphatic heterocycles. The van der Waals surface area contributed by atoms with Gasteiger partial charge in [0, 0.05) is 5.54 Å². The third-order valence-electron chi connectivity index (χ3n) is 1.23. The van der Waals surface area contributed by atoms with E-state index >= 15 is 0 Å². The van der Waals surface area contributed by atoms with Crippen molar-refractivity contribution in [1.82, 2.24) is 10.2 Å². The summed E-state index contributed by atoms with van der Waals surface area (Å²) in [5, 5.41) is 3.30. The molecule has 70 valence electrons. The number of rotatable bonds is 2. The molecule has 2 heteroatoms. The molecule has 12 heavy (non-hydrogen) atoms. The van der Waals surface area contributed by atoms with Crippen molar-refractivity contribution in [3.8, 4) is 11.8 Å². The smallest absolute Gasteiger partial charge is 0.0597 e. The van der Waals surface area contributed by atoms with Crippen molar-refractivity contribution < 1.29 is 0 Å². The van der Waals surface area contributed by atoms with Crippen LogP contribution in [0.4, 0.5) is 0 Å². The minimum atomic E-state index is 0.173. The first-order chi connectivity index (χ1) is 5.42. The highest BCUT2D eigenvalue weighted by atomic mass is 15.0. The molecule has 0 aliphatic carbocycles. The quantitative estimate of drug-likeness (QED) is 0.617. The van der Waals surface area contributed by atoms with Crippen LogP contribution in [0.2, 0.25) is 0 Å². The lowest BCUT2D eigenvalue weighted by Crippen LogP contribution is -2.35. The lowest BCUT2D eigenvalue weighted by atomic mass is 10.1. The normalized spacial score (nSPS) is 11.2. The molecular formula is C10H20N2. The molecule has 0 aromatic rings. The predicted octanol–water partition coefficient (Wildman–Crippen LogP) is 0.939. The van der Waals surface area contributed by atoms with Gasteiger partial charge in [0.25, 0.3) is 0 Å². The minimum Gasteiger partial charge on any atom is -0.301 e. The topological polar surface area (TPSA) is 15.3 Å². The van der Waals surface area contributed by atoms with Crippen LogP contribution in [-0.4, -0.2) is 37.6 Å². The van der Waals surface area contributed by atoms with Gasteiger partial charge in [-0.2, -0.15) is 0 Å². The Labute approximate surface area is 76.3 Å². The van der Waals surface area contributed by atoms with Crippen LogP contribution in [0.25, 0.3) is 0 Å². The number of hydrogen-bond donors (Lipinski definition) is 1. The van der Waals surface area contributed by atoms with Gasteiger partial charge in [-0.1, -0.05) is 11.8 Å². The second-order valence-corrected chi connectivity index (χ2v) is 4.19. The van der Waals surface area contributed by atoms with E-state index in [0.29, 0.717) is 0 Å². The van der Waals surface area contributed by atoms with Gasteiger partial charge < -0.3 is 5.32 Å². The van der Waals surface area contributed by atoms with Gasteiger partial charge >= 0.3 is 0 Å². The first-order valence-corrected chi connectivity index (χ1v) is 4.27. The Morgan fingerprint density at radius 3 is 2.17 bits per heavy atom. The summed E-state index contributed by atoms with van der Waals surface area (Å²) in [6, 6.07) is 0. The van der Waals surface area contributed by atoms with Crippen molar-refractivity contribution in [2.45, 2.75) is 26.3 Å². The van der Waals surface area contributed by atoms with Crippen LogP contribution in [0.1, 0.15) is 20.8 Å². The third-order valence-corrected chi connectivity index (χ3v) is 1.23. The van der Waals surface area contributed by atoms with E-state index in [9.17, 15) is 0 Å². The Balaban J connectivity index is 3.47. The predicted molar refractivity (Wildman–Crippen MR) is 54.1 cm³/mol. The average Bonchev–Trinajstić information content (AvgIpc) is 1.83. The van der Waals surface area contributed by atoms with Crippen molar-refractivity contribution in [3.05, 3.63) is 0 Å². The molecule has 1 N–H and O–H groups in total. The molecule has 0 atom stereocenters. The summed E-state index contributed by atoms with van der Waals surface area (Å²) in [5.41, 5.74) is 0.173. The summed E-state index contributed by atoms with van der Waals surface area (Å²) in [7, 11) is 4.04. The van der Waals surface area contributed by atoms with Crippen molar-refractivity contribution in [3.63, 3.8) is 0 Å². The maximum atomic E-state index is 3.30. The molecule has 0 rings (SSSR count). The standard InChI is InChI=1S/C10H20N2/c1-10(2,3)11-8-6-7-9-12(4)5/h11H,8-9H2,1-5H3. The molecular weight excluding hydrogens is 148 g/mol. The van der Waals surface area contributed by atoms with Gasteiger partial charge in [0.2, 0.25) is 0 Å². The van der Waals surface area contributed by atoms with E-state index in [1.807, 2.05) is 14.1 Å². The number of nitrogens with one attached hydrogen (secondary N) is 1. The maximum Gasteiger partial charge on any atom is 0.0597 e. The van der Waals surface area contributed by atoms with E-state index in [0.717, 1.165) is 13.1 Å². The van der Waals surface area contributed by atoms with Crippen molar-refractivity contribution >= 4 is 0 Å². The van der Waals surface area contributed by atoms with E-state index in [1.165, 1.54) is 0 Å². The molecule has 0 aromatic heterocycles. The highest BCUT2D eigenvalue weighted by Crippen LogP contribution is 1.95. The Morgan fingerprint density at radius 1 is 1.17 bits per heavy atom. The number of hydrogen-bond acceptors (Lipinski definition) is 2. The van der Waals surface area contributed by atoms with Gasteiger partial charge in [0.1, 0.15) is 0 Å². The van der Waals surface area contributed by atoms with Crippen LogP contribution in [0, 0.1) is 11.8 Å². The van der Waals surface area contributed by atoms with Crippen LogP contribution in [0.3, 0.4) is 0 Å². The summed E-state index contributed by atoms with van der Waals surface area (Å²) in [6.07, 6.45) is 0. The fraction of sp³-hybridized carbons (Fsp3) is 0.800.